The van der Waals surface area contributed by atoms with Crippen LogP contribution in [0.2, 0.25) is 0 Å². The molecule has 1 aliphatic carbocycles. The van der Waals surface area contributed by atoms with Crippen molar-refractivity contribution in [2.45, 2.75) is 76.8 Å². The Hall–Kier alpha value is -2.19. The highest BCUT2D eigenvalue weighted by Crippen LogP contribution is 2.40. The summed E-state index contributed by atoms with van der Waals surface area (Å²) >= 11 is 0. The SMILES string of the molecule is CCN(CC)S(=O)(=O)c1ccc([C@@H](C)NC(=O)c2cc(C3CC3)nn2C(C)(C)C)cc1. The zero-order valence-corrected chi connectivity index (χ0v) is 20.2. The fourth-order valence-corrected chi connectivity index (χ4v) is 5.10. The van der Waals surface area contributed by atoms with E-state index in [2.05, 4.69) is 5.32 Å². The highest BCUT2D eigenvalue weighted by Gasteiger charge is 2.31. The van der Waals surface area contributed by atoms with Crippen molar-refractivity contribution >= 4 is 15.9 Å². The van der Waals surface area contributed by atoms with E-state index >= 15 is 0 Å². The quantitative estimate of drug-likeness (QED) is 0.663. The van der Waals surface area contributed by atoms with E-state index in [1.807, 2.05) is 52.3 Å². The lowest BCUT2D eigenvalue weighted by molar-refractivity contribution is 0.0921. The molecule has 1 aliphatic rings. The van der Waals surface area contributed by atoms with Crippen LogP contribution < -0.4 is 5.32 Å². The number of benzene rings is 1. The molecule has 0 saturated heterocycles. The van der Waals surface area contributed by atoms with Crippen molar-refractivity contribution < 1.29 is 13.2 Å². The van der Waals surface area contributed by atoms with E-state index in [1.54, 1.807) is 24.3 Å². The normalized spacial score (nSPS) is 15.8. The molecule has 1 amide bonds. The molecule has 0 bridgehead atoms. The van der Waals surface area contributed by atoms with E-state index in [-0.39, 0.29) is 22.4 Å². The van der Waals surface area contributed by atoms with Gasteiger partial charge in [0.05, 0.1) is 22.2 Å². The Morgan fingerprint density at radius 2 is 1.77 bits per heavy atom. The summed E-state index contributed by atoms with van der Waals surface area (Å²) in [5.41, 5.74) is 2.08. The molecule has 1 aromatic carbocycles. The molecule has 31 heavy (non-hydrogen) atoms. The third-order valence-corrected chi connectivity index (χ3v) is 7.73. The summed E-state index contributed by atoms with van der Waals surface area (Å²) in [6.45, 7) is 12.5. The van der Waals surface area contributed by atoms with Gasteiger partial charge in [0.1, 0.15) is 5.69 Å². The Bertz CT molecular complexity index is 1030. The Kier molecular flexibility index (Phi) is 6.62. The van der Waals surface area contributed by atoms with Gasteiger partial charge in [-0.2, -0.15) is 9.40 Å². The molecule has 1 atom stereocenters. The molecule has 2 aromatic rings. The fraction of sp³-hybridized carbons (Fsp3) is 0.565. The predicted octanol–water partition coefficient (Wildman–Crippen LogP) is 4.04. The largest absolute Gasteiger partial charge is 0.344 e. The van der Waals surface area contributed by atoms with E-state index in [0.717, 1.165) is 24.1 Å². The van der Waals surface area contributed by atoms with Gasteiger partial charge in [0.15, 0.2) is 0 Å². The number of amides is 1. The van der Waals surface area contributed by atoms with Crippen LogP contribution in [-0.4, -0.2) is 41.5 Å². The van der Waals surface area contributed by atoms with Crippen LogP contribution in [0.15, 0.2) is 35.2 Å². The van der Waals surface area contributed by atoms with Crippen LogP contribution in [0.3, 0.4) is 0 Å². The summed E-state index contributed by atoms with van der Waals surface area (Å²) in [5.74, 6) is 0.287. The molecule has 0 aliphatic heterocycles. The van der Waals surface area contributed by atoms with Gasteiger partial charge < -0.3 is 5.32 Å². The minimum Gasteiger partial charge on any atom is -0.344 e. The van der Waals surface area contributed by atoms with Crippen molar-refractivity contribution in [2.75, 3.05) is 13.1 Å². The number of hydrogen-bond donors (Lipinski definition) is 1. The zero-order chi connectivity index (χ0) is 23.0. The number of rotatable bonds is 8. The number of nitrogens with zero attached hydrogens (tertiary/aromatic N) is 3. The molecule has 170 valence electrons. The summed E-state index contributed by atoms with van der Waals surface area (Å²) in [5, 5.41) is 7.74. The maximum absolute atomic E-state index is 13.1. The molecular weight excluding hydrogens is 412 g/mol. The number of carbonyl (C=O) groups is 1. The number of hydrogen-bond acceptors (Lipinski definition) is 4. The average molecular weight is 447 g/mol. The molecule has 0 spiro atoms. The van der Waals surface area contributed by atoms with Crippen LogP contribution >= 0.6 is 0 Å². The van der Waals surface area contributed by atoms with Crippen molar-refractivity contribution in [3.63, 3.8) is 0 Å². The Morgan fingerprint density at radius 1 is 1.19 bits per heavy atom. The van der Waals surface area contributed by atoms with Crippen LogP contribution in [0, 0.1) is 0 Å². The predicted molar refractivity (Wildman–Crippen MR) is 122 cm³/mol. The molecule has 0 radical (unpaired) electrons. The highest BCUT2D eigenvalue weighted by molar-refractivity contribution is 7.89. The molecule has 1 aromatic heterocycles. The monoisotopic (exact) mass is 446 g/mol. The second-order valence-corrected chi connectivity index (χ2v) is 11.1. The van der Waals surface area contributed by atoms with Crippen molar-refractivity contribution in [1.29, 1.82) is 0 Å². The second kappa shape index (κ2) is 8.74. The molecule has 0 unspecified atom stereocenters. The van der Waals surface area contributed by atoms with E-state index < -0.39 is 10.0 Å². The van der Waals surface area contributed by atoms with Gasteiger partial charge in [-0.1, -0.05) is 26.0 Å². The molecule has 1 heterocycles. The van der Waals surface area contributed by atoms with Crippen LogP contribution in [-0.2, 0) is 15.6 Å². The van der Waals surface area contributed by atoms with Gasteiger partial charge in [0.2, 0.25) is 10.0 Å². The van der Waals surface area contributed by atoms with E-state index in [4.69, 9.17) is 5.10 Å². The van der Waals surface area contributed by atoms with Crippen molar-refractivity contribution in [2.24, 2.45) is 0 Å². The van der Waals surface area contributed by atoms with Gasteiger partial charge >= 0.3 is 0 Å². The van der Waals surface area contributed by atoms with Crippen LogP contribution in [0.1, 0.15) is 88.1 Å². The van der Waals surface area contributed by atoms with E-state index in [9.17, 15) is 13.2 Å². The molecule has 8 heteroatoms. The molecular formula is C23H34N4O3S. The zero-order valence-electron chi connectivity index (χ0n) is 19.3. The van der Waals surface area contributed by atoms with Gasteiger partial charge in [-0.25, -0.2) is 8.42 Å². The lowest BCUT2D eigenvalue weighted by atomic mass is 10.1. The van der Waals surface area contributed by atoms with Crippen molar-refractivity contribution in [1.82, 2.24) is 19.4 Å². The lowest BCUT2D eigenvalue weighted by Gasteiger charge is -2.23. The first-order chi connectivity index (χ1) is 14.5. The van der Waals surface area contributed by atoms with Gasteiger partial charge in [-0.05, 0) is 64.3 Å². The first-order valence-corrected chi connectivity index (χ1v) is 12.4. The summed E-state index contributed by atoms with van der Waals surface area (Å²) in [7, 11) is -3.50. The summed E-state index contributed by atoms with van der Waals surface area (Å²) in [6.07, 6.45) is 2.25. The molecule has 1 fully saturated rings. The van der Waals surface area contributed by atoms with Gasteiger partial charge in [0, 0.05) is 19.0 Å². The summed E-state index contributed by atoms with van der Waals surface area (Å²) in [4.78, 5) is 13.3. The van der Waals surface area contributed by atoms with Gasteiger partial charge in [-0.15, -0.1) is 0 Å². The van der Waals surface area contributed by atoms with Gasteiger partial charge in [0.25, 0.3) is 5.91 Å². The number of sulfonamides is 1. The third-order valence-electron chi connectivity index (χ3n) is 5.66. The maximum Gasteiger partial charge on any atom is 0.270 e. The van der Waals surface area contributed by atoms with Crippen LogP contribution in [0.4, 0.5) is 0 Å². The molecule has 1 N–H and O–H groups in total. The van der Waals surface area contributed by atoms with Crippen LogP contribution in [0.5, 0.6) is 0 Å². The Labute approximate surface area is 185 Å². The Balaban J connectivity index is 1.78. The maximum atomic E-state index is 13.1. The molecule has 7 nitrogen and oxygen atoms in total. The van der Waals surface area contributed by atoms with Crippen LogP contribution in [0.25, 0.3) is 0 Å². The van der Waals surface area contributed by atoms with E-state index in [0.29, 0.717) is 24.7 Å². The first-order valence-electron chi connectivity index (χ1n) is 11.0. The Morgan fingerprint density at radius 3 is 2.26 bits per heavy atom. The molecule has 1 saturated carbocycles. The summed E-state index contributed by atoms with van der Waals surface area (Å²) in [6, 6.07) is 8.37. The molecule has 3 rings (SSSR count). The second-order valence-electron chi connectivity index (χ2n) is 9.16. The minimum absolute atomic E-state index is 0.179. The van der Waals surface area contributed by atoms with E-state index in [1.165, 1.54) is 4.31 Å². The smallest absolute Gasteiger partial charge is 0.270 e. The standard InChI is InChI=1S/C23H34N4O3S/c1-7-26(8-2)31(29,30)19-13-11-17(12-14-19)16(3)24-22(28)21-15-20(18-9-10-18)25-27(21)23(4,5)6/h11-16,18H,7-10H2,1-6H3,(H,24,28)/t16-/m1/s1. The number of nitrogens with one attached hydrogen (secondary N) is 1. The topological polar surface area (TPSA) is 84.3 Å². The van der Waals surface area contributed by atoms with Crippen molar-refractivity contribution in [3.8, 4) is 0 Å². The first kappa shape index (κ1) is 23.5. The third kappa shape index (κ3) is 5.01. The fourth-order valence-electron chi connectivity index (χ4n) is 3.65. The number of carbonyl (C=O) groups excluding carboxylic acids is 1. The number of aromatic nitrogens is 2. The summed E-state index contributed by atoms with van der Waals surface area (Å²) < 4.78 is 28.6. The average Bonchev–Trinajstić information content (AvgIpc) is 3.45. The highest BCUT2D eigenvalue weighted by atomic mass is 32.2. The van der Waals surface area contributed by atoms with Crippen molar-refractivity contribution in [3.05, 3.63) is 47.3 Å². The lowest BCUT2D eigenvalue weighted by Crippen LogP contribution is -2.33. The minimum atomic E-state index is -3.50. The van der Waals surface area contributed by atoms with Gasteiger partial charge in [-0.3, -0.25) is 9.48 Å².